The predicted molar refractivity (Wildman–Crippen MR) is 194 cm³/mol. The number of carboxylic acid groups (broad SMARTS) is 1. The molecule has 11 heteroatoms. The highest BCUT2D eigenvalue weighted by Gasteiger charge is 2.36. The fourth-order valence-corrected chi connectivity index (χ4v) is 8.18. The second-order valence-corrected chi connectivity index (χ2v) is 15.7. The number of hydrogen-bond donors (Lipinski definition) is 3. The van der Waals surface area contributed by atoms with Gasteiger partial charge in [-0.3, -0.25) is 4.79 Å². The van der Waals surface area contributed by atoms with Crippen molar-refractivity contribution in [3.63, 3.8) is 0 Å². The Morgan fingerprint density at radius 1 is 1.04 bits per heavy atom. The number of aromatic hydroxyl groups is 1. The molecule has 3 aromatic carbocycles. The average Bonchev–Trinajstić information content (AvgIpc) is 3.03. The molecule has 246 valence electrons. The third-order valence-corrected chi connectivity index (χ3v) is 10.4. The lowest BCUT2D eigenvalue weighted by Crippen LogP contribution is -2.54. The standard InChI is InChI=1S/C37H34N3O6S2/c1-37(2,3)48-25-8-4-20-14-21-19-39(13-12-30(21)40(45)31(20)18-25)36(47)38-22-5-9-26(29(15-22)35(43)44)34-27-10-6-23(41)16-32(27)46-33-17-24(42)7-11-28(33)34/h4-11,15-18,21,30,41H,12-14,19H2,1-3H3,(H,38,47)(H,43,44)/q-1. The molecule has 3 N–H and O–H groups in total. The van der Waals surface area contributed by atoms with E-state index in [1.807, 2.05) is 6.07 Å². The molecule has 0 spiro atoms. The number of thioether (sulfide) groups is 1. The molecule has 48 heavy (non-hydrogen) atoms. The molecule has 2 unspecified atom stereocenters. The van der Waals surface area contributed by atoms with Crippen molar-refractivity contribution in [1.82, 2.24) is 4.90 Å². The quantitative estimate of drug-likeness (QED) is 0.0977. The van der Waals surface area contributed by atoms with Crippen molar-refractivity contribution in [3.05, 3.63) is 99.4 Å². The number of hydrogen-bond acceptors (Lipinski definition) is 8. The molecule has 0 aromatic heterocycles. The van der Waals surface area contributed by atoms with Gasteiger partial charge in [-0.25, -0.2) is 4.79 Å². The van der Waals surface area contributed by atoms with Gasteiger partial charge in [0.1, 0.15) is 17.1 Å². The summed E-state index contributed by atoms with van der Waals surface area (Å²) in [5.41, 5.74) is 3.99. The second kappa shape index (κ2) is 12.1. The summed E-state index contributed by atoms with van der Waals surface area (Å²) in [5.74, 6) is -0.775. The maximum Gasteiger partial charge on any atom is 0.336 e. The average molecular weight is 681 g/mol. The summed E-state index contributed by atoms with van der Waals surface area (Å²) in [7, 11) is 0. The van der Waals surface area contributed by atoms with Crippen LogP contribution in [0.25, 0.3) is 33.4 Å². The van der Waals surface area contributed by atoms with E-state index >= 15 is 0 Å². The molecular weight excluding hydrogens is 647 g/mol. The van der Waals surface area contributed by atoms with Crippen molar-refractivity contribution in [2.24, 2.45) is 5.92 Å². The smallest absolute Gasteiger partial charge is 0.336 e. The van der Waals surface area contributed by atoms with Crippen molar-refractivity contribution >= 4 is 57.4 Å². The van der Waals surface area contributed by atoms with Crippen LogP contribution in [0.3, 0.4) is 0 Å². The van der Waals surface area contributed by atoms with E-state index in [4.69, 9.17) is 16.6 Å². The van der Waals surface area contributed by atoms with E-state index in [0.717, 1.165) is 22.6 Å². The minimum Gasteiger partial charge on any atom is -0.758 e. The van der Waals surface area contributed by atoms with Crippen LogP contribution in [0, 0.1) is 11.1 Å². The Morgan fingerprint density at radius 3 is 2.60 bits per heavy atom. The first-order chi connectivity index (χ1) is 22.8. The number of carboxylic acids is 1. The maximum absolute atomic E-state index is 13.5. The van der Waals surface area contributed by atoms with Gasteiger partial charge in [-0.2, -0.15) is 0 Å². The lowest BCUT2D eigenvalue weighted by atomic mass is 9.82. The number of aromatic carboxylic acids is 1. The van der Waals surface area contributed by atoms with Crippen LogP contribution >= 0.6 is 24.0 Å². The third-order valence-electron chi connectivity index (χ3n) is 8.93. The van der Waals surface area contributed by atoms with Gasteiger partial charge in [-0.1, -0.05) is 32.9 Å². The summed E-state index contributed by atoms with van der Waals surface area (Å²) in [5, 5.41) is 39.5. The predicted octanol–water partition coefficient (Wildman–Crippen LogP) is 7.81. The summed E-state index contributed by atoms with van der Waals surface area (Å²) >= 11 is 7.57. The van der Waals surface area contributed by atoms with Crippen molar-refractivity contribution < 1.29 is 19.4 Å². The number of fused-ring (bicyclic) bond motifs is 4. The molecule has 2 atom stereocenters. The Balaban J connectivity index is 1.14. The summed E-state index contributed by atoms with van der Waals surface area (Å²) < 4.78 is 5.98. The van der Waals surface area contributed by atoms with Crippen LogP contribution in [0.1, 0.15) is 43.1 Å². The molecule has 7 rings (SSSR count). The van der Waals surface area contributed by atoms with Crippen molar-refractivity contribution in [1.29, 1.82) is 0 Å². The number of phenolic OH excluding ortho intramolecular Hbond substituents is 1. The number of nitrogens with one attached hydrogen (secondary N) is 1. The van der Waals surface area contributed by atoms with Gasteiger partial charge in [0.2, 0.25) is 0 Å². The summed E-state index contributed by atoms with van der Waals surface area (Å²) in [4.78, 5) is 28.0. The van der Waals surface area contributed by atoms with E-state index in [1.165, 1.54) is 29.3 Å². The van der Waals surface area contributed by atoms with Crippen LogP contribution in [0.5, 0.6) is 5.75 Å². The Bertz CT molecular complexity index is 2120. The van der Waals surface area contributed by atoms with E-state index < -0.39 is 5.97 Å². The Labute approximate surface area is 287 Å². The zero-order valence-corrected chi connectivity index (χ0v) is 28.3. The first-order valence-corrected chi connectivity index (χ1v) is 17.0. The van der Waals surface area contributed by atoms with Gasteiger partial charge < -0.3 is 35.1 Å². The molecular formula is C37H34N3O6S2-. The van der Waals surface area contributed by atoms with Gasteiger partial charge in [-0.05, 0) is 84.7 Å². The summed E-state index contributed by atoms with van der Waals surface area (Å²) in [6.45, 7) is 7.69. The van der Waals surface area contributed by atoms with Crippen LogP contribution in [0.15, 0.2) is 86.9 Å². The van der Waals surface area contributed by atoms with Gasteiger partial charge in [0.15, 0.2) is 10.5 Å². The molecule has 3 heterocycles. The fraction of sp³-hybridized carbons (Fsp3) is 0.270. The minimum atomic E-state index is -1.14. The van der Waals surface area contributed by atoms with Crippen LogP contribution in [-0.4, -0.2) is 50.1 Å². The molecule has 0 amide bonds. The Morgan fingerprint density at radius 2 is 1.83 bits per heavy atom. The number of piperidine rings is 1. The molecule has 3 aliphatic heterocycles. The van der Waals surface area contributed by atoms with E-state index in [-0.39, 0.29) is 39.2 Å². The van der Waals surface area contributed by atoms with Gasteiger partial charge in [0.05, 0.1) is 5.56 Å². The largest absolute Gasteiger partial charge is 0.758 e. The van der Waals surface area contributed by atoms with Crippen LogP contribution in [-0.2, 0) is 6.42 Å². The van der Waals surface area contributed by atoms with Crippen LogP contribution < -0.4 is 15.8 Å². The molecule has 0 bridgehead atoms. The molecule has 1 fully saturated rings. The van der Waals surface area contributed by atoms with Crippen LogP contribution in [0.4, 0.5) is 11.4 Å². The molecule has 1 aliphatic carbocycles. The normalized spacial score (nSPS) is 17.7. The van der Waals surface area contributed by atoms with E-state index in [1.54, 1.807) is 42.1 Å². The number of rotatable bonds is 4. The first-order valence-electron chi connectivity index (χ1n) is 15.8. The van der Waals surface area contributed by atoms with Gasteiger partial charge in [0.25, 0.3) is 0 Å². The molecule has 4 aliphatic rings. The van der Waals surface area contributed by atoms with Gasteiger partial charge in [0, 0.05) is 74.7 Å². The molecule has 3 aromatic rings. The SMILES string of the molecule is CC(C)(C)Sc1ccc2c(c1)N([O-])C1CCN(C(=S)Nc3ccc(-c4c5ccc(=O)cc-5oc5cc(O)ccc45)c(C(=O)O)c3)CC1C2. The van der Waals surface area contributed by atoms with Crippen molar-refractivity contribution in [3.8, 4) is 28.2 Å². The van der Waals surface area contributed by atoms with Crippen molar-refractivity contribution in [2.75, 3.05) is 23.5 Å². The maximum atomic E-state index is 13.5. The van der Waals surface area contributed by atoms with Crippen LogP contribution in [0.2, 0.25) is 0 Å². The highest BCUT2D eigenvalue weighted by molar-refractivity contribution is 8.00. The Hall–Kier alpha value is -4.58. The van der Waals surface area contributed by atoms with E-state index in [2.05, 4.69) is 43.1 Å². The summed E-state index contributed by atoms with van der Waals surface area (Å²) in [6, 6.07) is 20.1. The van der Waals surface area contributed by atoms with Gasteiger partial charge in [-0.15, -0.1) is 11.8 Å². The number of benzene rings is 4. The van der Waals surface area contributed by atoms with Crippen molar-refractivity contribution in [2.45, 2.75) is 49.3 Å². The minimum absolute atomic E-state index is 0.0184. The number of carbonyl (C=O) groups is 1. The lowest BCUT2D eigenvalue weighted by Gasteiger charge is -2.52. The number of hydroxylamine groups is 1. The second-order valence-electron chi connectivity index (χ2n) is 13.4. The first kappa shape index (κ1) is 32.0. The zero-order chi connectivity index (χ0) is 33.9. The number of thiocarbonyl (C=S) groups is 1. The molecule has 1 saturated heterocycles. The molecule has 0 radical (unpaired) electrons. The summed E-state index contributed by atoms with van der Waals surface area (Å²) in [6.07, 6.45) is 1.44. The van der Waals surface area contributed by atoms with E-state index in [0.29, 0.717) is 58.0 Å². The van der Waals surface area contributed by atoms with E-state index in [9.17, 15) is 25.0 Å². The molecule has 0 saturated carbocycles. The zero-order valence-electron chi connectivity index (χ0n) is 26.6. The number of anilines is 2. The fourth-order valence-electron chi connectivity index (χ4n) is 6.88. The lowest BCUT2D eigenvalue weighted by molar-refractivity contribution is 0.0697. The number of phenols is 1. The topological polar surface area (TPSA) is 129 Å². The third kappa shape index (κ3) is 6.09. The monoisotopic (exact) mass is 680 g/mol. The number of nitrogens with zero attached hydrogens (tertiary/aromatic N) is 2. The highest BCUT2D eigenvalue weighted by Crippen LogP contribution is 2.43. The number of likely N-dealkylation sites (tertiary alicyclic amines) is 1. The Kier molecular flexibility index (Phi) is 8.09. The highest BCUT2D eigenvalue weighted by atomic mass is 32.2. The molecule has 9 nitrogen and oxygen atoms in total. The van der Waals surface area contributed by atoms with Gasteiger partial charge >= 0.3 is 5.97 Å².